The molecule has 2 fully saturated rings. The first-order chi connectivity index (χ1) is 13.0. The highest BCUT2D eigenvalue weighted by Crippen LogP contribution is 2.46. The maximum absolute atomic E-state index is 6.47. The van der Waals surface area contributed by atoms with Crippen LogP contribution in [0.3, 0.4) is 0 Å². The summed E-state index contributed by atoms with van der Waals surface area (Å²) in [7, 11) is 0. The lowest BCUT2D eigenvalue weighted by Crippen LogP contribution is -2.48. The van der Waals surface area contributed by atoms with Gasteiger partial charge in [-0.2, -0.15) is 8.86 Å². The fourth-order valence-electron chi connectivity index (χ4n) is 3.81. The molecule has 2 aliphatic rings. The first-order valence-electron chi connectivity index (χ1n) is 9.61. The van der Waals surface area contributed by atoms with Crippen molar-refractivity contribution in [1.82, 2.24) is 14.1 Å². The van der Waals surface area contributed by atoms with Gasteiger partial charge >= 0.3 is 0 Å². The number of hydrogen-bond acceptors (Lipinski definition) is 2. The number of nitrogens with one attached hydrogen (secondary N) is 1. The van der Waals surface area contributed by atoms with Crippen molar-refractivity contribution in [2.24, 2.45) is 11.8 Å². The average molecular weight is 448 g/mol. The van der Waals surface area contributed by atoms with Crippen LogP contribution >= 0.6 is 46.3 Å². The minimum Gasteiger partial charge on any atom is -0.294 e. The zero-order chi connectivity index (χ0) is 19.1. The summed E-state index contributed by atoms with van der Waals surface area (Å²) in [5.74, 6) is 1.65. The molecule has 0 atom stereocenters. The van der Waals surface area contributed by atoms with E-state index in [9.17, 15) is 0 Å². The van der Waals surface area contributed by atoms with Gasteiger partial charge in [-0.1, -0.05) is 41.7 Å². The quantitative estimate of drug-likeness (QED) is 0.509. The van der Waals surface area contributed by atoms with Crippen LogP contribution in [0.5, 0.6) is 0 Å². The molecule has 1 aromatic heterocycles. The number of aryl methyl sites for hydroxylation is 1. The zero-order valence-corrected chi connectivity index (χ0v) is 18.7. The number of H-pyrrole nitrogens is 1. The largest absolute Gasteiger partial charge is 0.294 e. The number of aromatic amines is 1. The Morgan fingerprint density at radius 3 is 2.26 bits per heavy atom. The molecule has 2 aromatic rings. The third-order valence-electron chi connectivity index (χ3n) is 5.20. The lowest BCUT2D eigenvalue weighted by Gasteiger charge is -2.35. The zero-order valence-electron chi connectivity index (χ0n) is 15.6. The lowest BCUT2D eigenvalue weighted by molar-refractivity contribution is 0.356. The summed E-state index contributed by atoms with van der Waals surface area (Å²) in [6.07, 6.45) is 8.69. The minimum atomic E-state index is 0.533. The van der Waals surface area contributed by atoms with Crippen molar-refractivity contribution in [3.05, 3.63) is 38.3 Å². The van der Waals surface area contributed by atoms with E-state index < -0.39 is 0 Å². The van der Waals surface area contributed by atoms with Gasteiger partial charge in [0.15, 0.2) is 0 Å². The van der Waals surface area contributed by atoms with E-state index in [1.807, 2.05) is 4.07 Å². The van der Waals surface area contributed by atoms with Gasteiger partial charge in [-0.15, -0.1) is 0 Å². The first-order valence-corrected chi connectivity index (χ1v) is 11.5. The van der Waals surface area contributed by atoms with E-state index in [-0.39, 0.29) is 0 Å². The molecule has 1 N–H and O–H groups in total. The number of nitrogens with zero attached hydrogens (tertiary/aromatic N) is 3. The Hall–Kier alpha value is -0.750. The summed E-state index contributed by atoms with van der Waals surface area (Å²) in [5, 5.41) is 7.62. The second-order valence-corrected chi connectivity index (χ2v) is 10.1. The van der Waals surface area contributed by atoms with E-state index >= 15 is 0 Å². The van der Waals surface area contributed by atoms with Crippen LogP contribution in [-0.2, 0) is 0 Å². The summed E-state index contributed by atoms with van der Waals surface area (Å²) < 4.78 is 1.94. The highest BCUT2D eigenvalue weighted by Gasteiger charge is 2.45. The topological polar surface area (TPSA) is 28.9 Å². The number of aromatic nitrogens is 3. The van der Waals surface area contributed by atoms with Gasteiger partial charge in [-0.25, -0.2) is 5.21 Å². The molecule has 2 aliphatic carbocycles. The Labute approximate surface area is 179 Å². The molecular weight excluding hydrogens is 423 g/mol. The number of benzene rings is 1. The highest BCUT2D eigenvalue weighted by atomic mass is 35.5. The van der Waals surface area contributed by atoms with Crippen molar-refractivity contribution in [3.63, 3.8) is 0 Å². The van der Waals surface area contributed by atoms with Crippen molar-refractivity contribution in [3.8, 4) is 5.69 Å². The van der Waals surface area contributed by atoms with Crippen LogP contribution in [0.4, 0.5) is 0 Å². The third-order valence-corrected chi connectivity index (χ3v) is 6.84. The maximum atomic E-state index is 6.47. The van der Waals surface area contributed by atoms with Crippen molar-refractivity contribution < 1.29 is 0 Å². The Morgan fingerprint density at radius 2 is 1.74 bits per heavy atom. The van der Waals surface area contributed by atoms with Crippen LogP contribution in [0.2, 0.25) is 15.1 Å². The molecule has 1 heterocycles. The molecule has 0 spiro atoms. The highest BCUT2D eigenvalue weighted by molar-refractivity contribution is 7.06. The summed E-state index contributed by atoms with van der Waals surface area (Å²) in [6.45, 7) is 5.37. The number of hydrogen-bond donors (Lipinski definition) is 1. The standard InChI is InChI=1S/C19H25Cl3N4S/c1-3-8-24(18(13-4-5-13)14-6-7-14)25-11-12(2)27-26(23-25)19-16(21)9-15(20)10-17(19)22/h9-11,13-14,18,23H,3-8H2,1-2H3. The Balaban J connectivity index is 1.77. The Kier molecular flexibility index (Phi) is 5.75. The first kappa shape index (κ1) is 19.6. The fraction of sp³-hybridized carbons (Fsp3) is 0.579. The molecule has 0 bridgehead atoms. The molecule has 4 nitrogen and oxygen atoms in total. The van der Waals surface area contributed by atoms with Gasteiger partial charge in [-0.3, -0.25) is 5.01 Å². The van der Waals surface area contributed by atoms with Crippen molar-refractivity contribution in [2.75, 3.05) is 11.6 Å². The molecule has 0 saturated heterocycles. The van der Waals surface area contributed by atoms with Crippen molar-refractivity contribution in [2.45, 2.75) is 52.0 Å². The summed E-state index contributed by atoms with van der Waals surface area (Å²) in [4.78, 5) is 3.32. The van der Waals surface area contributed by atoms with Gasteiger partial charge in [-0.05, 0) is 74.5 Å². The SMILES string of the molecule is CCCN(C(C1CC1)C1CC1)n1cc(C)sn(-c2c(Cl)cc(Cl)cc2Cl)[nH]1. The van der Waals surface area contributed by atoms with Gasteiger partial charge in [0.2, 0.25) is 0 Å². The van der Waals surface area contributed by atoms with Gasteiger partial charge in [0, 0.05) is 16.4 Å². The predicted octanol–water partition coefficient (Wildman–Crippen LogP) is 6.60. The molecule has 148 valence electrons. The van der Waals surface area contributed by atoms with Gasteiger partial charge in [0.05, 0.1) is 22.3 Å². The van der Waals surface area contributed by atoms with Crippen LogP contribution in [0.15, 0.2) is 18.3 Å². The van der Waals surface area contributed by atoms with E-state index in [4.69, 9.17) is 34.8 Å². The van der Waals surface area contributed by atoms with E-state index in [1.54, 1.807) is 23.7 Å². The molecule has 2 saturated carbocycles. The number of rotatable bonds is 7. The van der Waals surface area contributed by atoms with Crippen molar-refractivity contribution >= 4 is 46.3 Å². The second kappa shape index (κ2) is 7.94. The van der Waals surface area contributed by atoms with Crippen LogP contribution < -0.4 is 5.01 Å². The Morgan fingerprint density at radius 1 is 1.15 bits per heavy atom. The molecule has 1 aromatic carbocycles. The molecule has 0 aliphatic heterocycles. The van der Waals surface area contributed by atoms with Crippen molar-refractivity contribution in [1.29, 1.82) is 0 Å². The molecule has 27 heavy (non-hydrogen) atoms. The fourth-order valence-corrected chi connectivity index (χ4v) is 5.75. The van der Waals surface area contributed by atoms with Gasteiger partial charge in [0.1, 0.15) is 5.69 Å². The minimum absolute atomic E-state index is 0.533. The van der Waals surface area contributed by atoms with Crippen LogP contribution in [0.25, 0.3) is 5.69 Å². The molecule has 0 unspecified atom stereocenters. The molecule has 0 radical (unpaired) electrons. The van der Waals surface area contributed by atoms with Gasteiger partial charge in [0.25, 0.3) is 0 Å². The Bertz CT molecular complexity index is 820. The third kappa shape index (κ3) is 4.31. The second-order valence-electron chi connectivity index (χ2n) is 7.62. The predicted molar refractivity (Wildman–Crippen MR) is 116 cm³/mol. The van der Waals surface area contributed by atoms with Crippen LogP contribution in [-0.4, -0.2) is 26.7 Å². The monoisotopic (exact) mass is 446 g/mol. The van der Waals surface area contributed by atoms with Crippen LogP contribution in [0, 0.1) is 18.8 Å². The van der Waals surface area contributed by atoms with E-state index in [0.29, 0.717) is 21.1 Å². The number of halogens is 3. The van der Waals surface area contributed by atoms with E-state index in [1.165, 1.54) is 30.6 Å². The molecule has 4 rings (SSSR count). The van der Waals surface area contributed by atoms with E-state index in [2.05, 4.69) is 35.1 Å². The molecule has 0 amide bonds. The summed E-state index contributed by atoms with van der Waals surface area (Å²) >= 11 is 20.6. The molecular formula is C19H25Cl3N4S. The lowest BCUT2D eigenvalue weighted by atomic mass is 10.1. The summed E-state index contributed by atoms with van der Waals surface area (Å²) in [5.41, 5.74) is 0.732. The van der Waals surface area contributed by atoms with Crippen LogP contribution in [0.1, 0.15) is 43.9 Å². The normalized spacial score (nSPS) is 16.8. The molecule has 8 heteroatoms. The summed E-state index contributed by atoms with van der Waals surface area (Å²) in [6, 6.07) is 4.07. The van der Waals surface area contributed by atoms with Gasteiger partial charge < -0.3 is 0 Å². The maximum Gasteiger partial charge on any atom is 0.113 e. The smallest absolute Gasteiger partial charge is 0.113 e. The van der Waals surface area contributed by atoms with E-state index in [0.717, 1.165) is 30.5 Å². The average Bonchev–Trinajstić information content (AvgIpc) is 3.48.